The van der Waals surface area contributed by atoms with E-state index in [4.69, 9.17) is 9.51 Å². The molecule has 2 amide bonds. The number of hydrogen-bond acceptors (Lipinski definition) is 4. The van der Waals surface area contributed by atoms with Crippen LogP contribution in [0.3, 0.4) is 0 Å². The number of halogens is 1. The summed E-state index contributed by atoms with van der Waals surface area (Å²) in [4.78, 5) is 19.5. The maximum atomic E-state index is 13.6. The van der Waals surface area contributed by atoms with Gasteiger partial charge in [0.25, 0.3) is 5.89 Å². The molecule has 1 unspecified atom stereocenters. The van der Waals surface area contributed by atoms with Crippen molar-refractivity contribution in [3.05, 3.63) is 106 Å². The first-order valence-corrected chi connectivity index (χ1v) is 11.4. The third-order valence-corrected chi connectivity index (χ3v) is 6.37. The van der Waals surface area contributed by atoms with Crippen molar-refractivity contribution in [1.82, 2.24) is 15.5 Å². The highest BCUT2D eigenvalue weighted by Crippen LogP contribution is 2.39. The normalized spacial score (nSPS) is 16.0. The zero-order chi connectivity index (χ0) is 24.7. The summed E-state index contributed by atoms with van der Waals surface area (Å²) in [5, 5.41) is 7.31. The van der Waals surface area contributed by atoms with E-state index in [-0.39, 0.29) is 11.8 Å². The van der Waals surface area contributed by atoms with Gasteiger partial charge < -0.3 is 9.84 Å². The van der Waals surface area contributed by atoms with Crippen LogP contribution in [-0.2, 0) is 0 Å². The maximum absolute atomic E-state index is 13.6. The molecule has 35 heavy (non-hydrogen) atoms. The van der Waals surface area contributed by atoms with Gasteiger partial charge in [0.05, 0.1) is 17.3 Å². The number of allylic oxidation sites excluding steroid dienone is 1. The van der Waals surface area contributed by atoms with Crippen LogP contribution in [0.25, 0.3) is 17.0 Å². The van der Waals surface area contributed by atoms with Crippen molar-refractivity contribution in [1.29, 1.82) is 0 Å². The zero-order valence-corrected chi connectivity index (χ0v) is 20.0. The first-order valence-electron chi connectivity index (χ1n) is 11.4. The molecule has 4 aromatic rings. The highest BCUT2D eigenvalue weighted by molar-refractivity contribution is 6.01. The summed E-state index contributed by atoms with van der Waals surface area (Å²) < 4.78 is 19.3. The summed E-state index contributed by atoms with van der Waals surface area (Å²) in [5.41, 5.74) is 6.96. The predicted molar refractivity (Wildman–Crippen MR) is 133 cm³/mol. The molecule has 1 N–H and O–H groups in total. The number of anilines is 1. The Kier molecular flexibility index (Phi) is 5.68. The van der Waals surface area contributed by atoms with Gasteiger partial charge in [0.15, 0.2) is 0 Å². The average Bonchev–Trinajstić information content (AvgIpc) is 3.31. The van der Waals surface area contributed by atoms with Crippen LogP contribution >= 0.6 is 0 Å². The van der Waals surface area contributed by atoms with Crippen molar-refractivity contribution in [3.63, 3.8) is 0 Å². The molecule has 0 aliphatic carbocycles. The first kappa shape index (κ1) is 22.5. The van der Waals surface area contributed by atoms with Gasteiger partial charge >= 0.3 is 6.03 Å². The average molecular weight is 469 g/mol. The number of rotatable bonds is 4. The molecule has 1 aromatic heterocycles. The predicted octanol–water partition coefficient (Wildman–Crippen LogP) is 6.50. The van der Waals surface area contributed by atoms with E-state index in [1.54, 1.807) is 12.1 Å². The summed E-state index contributed by atoms with van der Waals surface area (Å²) in [5.74, 6) is 0.406. The standard InChI is InChI=1S/C28H25FN4O2/c1-16-6-5-7-21(14-16)26-31-27(35-32-26)24-19(4)33(23-12-10-22(29)11-13-23)28(34)30-25(24)20-9-8-17(2)18(3)15-20/h5-15,25H,1-4H3,(H,30,34). The molecule has 0 radical (unpaired) electrons. The molecular formula is C28H25FN4O2. The van der Waals surface area contributed by atoms with Gasteiger partial charge in [0.2, 0.25) is 5.82 Å². The van der Waals surface area contributed by atoms with Crippen LogP contribution in [0.5, 0.6) is 0 Å². The molecule has 2 heterocycles. The largest absolute Gasteiger partial charge is 0.334 e. The van der Waals surface area contributed by atoms with Crippen LogP contribution in [0, 0.1) is 26.6 Å². The van der Waals surface area contributed by atoms with Crippen molar-refractivity contribution in [2.75, 3.05) is 4.90 Å². The molecule has 0 saturated carbocycles. The topological polar surface area (TPSA) is 71.3 Å². The van der Waals surface area contributed by atoms with Crippen molar-refractivity contribution in [2.24, 2.45) is 0 Å². The molecule has 176 valence electrons. The van der Waals surface area contributed by atoms with Crippen molar-refractivity contribution in [3.8, 4) is 11.4 Å². The summed E-state index contributed by atoms with van der Waals surface area (Å²) in [7, 11) is 0. The summed E-state index contributed by atoms with van der Waals surface area (Å²) in [6.07, 6.45) is 0. The van der Waals surface area contributed by atoms with E-state index in [0.717, 1.165) is 27.8 Å². The van der Waals surface area contributed by atoms with Crippen LogP contribution < -0.4 is 10.2 Å². The Hall–Kier alpha value is -4.26. The molecule has 0 bridgehead atoms. The van der Waals surface area contributed by atoms with E-state index in [9.17, 15) is 9.18 Å². The van der Waals surface area contributed by atoms with Crippen LogP contribution in [0.2, 0.25) is 0 Å². The lowest BCUT2D eigenvalue weighted by Crippen LogP contribution is -2.46. The van der Waals surface area contributed by atoms with E-state index in [0.29, 0.717) is 28.7 Å². The number of benzene rings is 3. The Balaban J connectivity index is 1.67. The van der Waals surface area contributed by atoms with E-state index < -0.39 is 6.04 Å². The molecule has 6 nitrogen and oxygen atoms in total. The lowest BCUT2D eigenvalue weighted by molar-refractivity contribution is 0.244. The SMILES string of the molecule is CC1=C(c2nc(-c3cccc(C)c3)no2)C(c2ccc(C)c(C)c2)NC(=O)N1c1ccc(F)cc1. The van der Waals surface area contributed by atoms with E-state index >= 15 is 0 Å². The molecule has 1 aliphatic rings. The van der Waals surface area contributed by atoms with E-state index in [2.05, 4.69) is 16.5 Å². The molecule has 0 fully saturated rings. The quantitative estimate of drug-likeness (QED) is 0.371. The smallest absolute Gasteiger partial charge is 0.326 e. The zero-order valence-electron chi connectivity index (χ0n) is 20.0. The fourth-order valence-corrected chi connectivity index (χ4v) is 4.35. The van der Waals surface area contributed by atoms with Crippen LogP contribution in [0.1, 0.15) is 41.1 Å². The lowest BCUT2D eigenvalue weighted by atomic mass is 9.92. The molecular weight excluding hydrogens is 443 g/mol. The third-order valence-electron chi connectivity index (χ3n) is 6.37. The molecule has 3 aromatic carbocycles. The van der Waals surface area contributed by atoms with Crippen LogP contribution in [0.15, 0.2) is 77.0 Å². The highest BCUT2D eigenvalue weighted by Gasteiger charge is 2.36. The Morgan fingerprint density at radius 1 is 0.943 bits per heavy atom. The Labute approximate surface area is 203 Å². The van der Waals surface area contributed by atoms with Gasteiger partial charge in [-0.25, -0.2) is 9.18 Å². The minimum Gasteiger partial charge on any atom is -0.334 e. The number of urea groups is 1. The maximum Gasteiger partial charge on any atom is 0.326 e. The van der Waals surface area contributed by atoms with E-state index in [1.807, 2.05) is 64.1 Å². The summed E-state index contributed by atoms with van der Waals surface area (Å²) >= 11 is 0. The molecule has 1 atom stereocenters. The second-order valence-electron chi connectivity index (χ2n) is 8.83. The Bertz CT molecular complexity index is 1460. The number of hydrogen-bond donors (Lipinski definition) is 1. The molecule has 7 heteroatoms. The fraction of sp³-hybridized carbons (Fsp3) is 0.179. The minimum absolute atomic E-state index is 0.314. The number of carbonyl (C=O) groups excluding carboxylic acids is 1. The van der Waals surface area contributed by atoms with Gasteiger partial charge in [-0.05, 0) is 74.7 Å². The Morgan fingerprint density at radius 3 is 2.43 bits per heavy atom. The number of amides is 2. The third kappa shape index (κ3) is 4.21. The molecule has 0 saturated heterocycles. The second-order valence-corrected chi connectivity index (χ2v) is 8.83. The molecule has 5 rings (SSSR count). The number of nitrogens with one attached hydrogen (secondary N) is 1. The van der Waals surface area contributed by atoms with Crippen molar-refractivity contribution < 1.29 is 13.7 Å². The van der Waals surface area contributed by atoms with Crippen molar-refractivity contribution >= 4 is 17.3 Å². The van der Waals surface area contributed by atoms with Gasteiger partial charge in [-0.3, -0.25) is 4.90 Å². The van der Waals surface area contributed by atoms with Gasteiger partial charge in [-0.15, -0.1) is 0 Å². The van der Waals surface area contributed by atoms with Crippen molar-refractivity contribution in [2.45, 2.75) is 33.7 Å². The Morgan fingerprint density at radius 2 is 1.71 bits per heavy atom. The van der Waals surface area contributed by atoms with E-state index in [1.165, 1.54) is 17.0 Å². The number of aromatic nitrogens is 2. The van der Waals surface area contributed by atoms with Gasteiger partial charge in [0, 0.05) is 11.3 Å². The number of carbonyl (C=O) groups is 1. The lowest BCUT2D eigenvalue weighted by Gasteiger charge is -2.35. The fourth-order valence-electron chi connectivity index (χ4n) is 4.35. The number of nitrogens with zero attached hydrogens (tertiary/aromatic N) is 3. The first-order chi connectivity index (χ1) is 16.8. The second kappa shape index (κ2) is 8.83. The molecule has 1 aliphatic heterocycles. The van der Waals surface area contributed by atoms with Gasteiger partial charge in [-0.1, -0.05) is 47.1 Å². The minimum atomic E-state index is -0.496. The molecule has 0 spiro atoms. The van der Waals surface area contributed by atoms with Crippen LogP contribution in [-0.4, -0.2) is 16.2 Å². The van der Waals surface area contributed by atoms with Gasteiger partial charge in [-0.2, -0.15) is 4.98 Å². The monoisotopic (exact) mass is 468 g/mol. The van der Waals surface area contributed by atoms with Gasteiger partial charge in [0.1, 0.15) is 5.82 Å². The summed E-state index contributed by atoms with van der Waals surface area (Å²) in [6, 6.07) is 18.9. The van der Waals surface area contributed by atoms with Crippen LogP contribution in [0.4, 0.5) is 14.9 Å². The highest BCUT2D eigenvalue weighted by atomic mass is 19.1. The summed E-state index contributed by atoms with van der Waals surface area (Å²) in [6.45, 7) is 7.92. The number of aryl methyl sites for hydroxylation is 3.